The topological polar surface area (TPSA) is 92.8 Å². The zero-order chi connectivity index (χ0) is 23.0. The van der Waals surface area contributed by atoms with Crippen molar-refractivity contribution >= 4 is 60.6 Å². The van der Waals surface area contributed by atoms with E-state index >= 15 is 0 Å². The molecule has 1 aliphatic heterocycles. The molecular formula is C22H22BrClN2O5S. The molecule has 1 N–H and O–H groups in total. The highest BCUT2D eigenvalue weighted by atomic mass is 79.9. The number of methoxy groups -OCH3 is 1. The Morgan fingerprint density at radius 2 is 2.00 bits per heavy atom. The van der Waals surface area contributed by atoms with Gasteiger partial charge in [0.2, 0.25) is 11.8 Å². The van der Waals surface area contributed by atoms with E-state index in [9.17, 15) is 18.0 Å². The standard InChI is InChI=1S/C22H22BrClN2O5S/c1-31-19-5-4-15(24)11-17(19)25-21(27)7-9-32(29,30)20-12-18-14(10-16(20)23)6-8-26(18)22(28)13-2-3-13/h4-5,10-13H,2-3,6-9H2,1H3,(H,25,27). The van der Waals surface area contributed by atoms with Gasteiger partial charge < -0.3 is 15.0 Å². The largest absolute Gasteiger partial charge is 0.495 e. The van der Waals surface area contributed by atoms with E-state index in [4.69, 9.17) is 16.3 Å². The van der Waals surface area contributed by atoms with Crippen molar-refractivity contribution in [2.45, 2.75) is 30.6 Å². The molecule has 4 rings (SSSR count). The van der Waals surface area contributed by atoms with Gasteiger partial charge in [-0.3, -0.25) is 9.59 Å². The number of rotatable bonds is 7. The van der Waals surface area contributed by atoms with Gasteiger partial charge in [0.1, 0.15) is 5.75 Å². The number of benzene rings is 2. The first-order valence-electron chi connectivity index (χ1n) is 10.2. The van der Waals surface area contributed by atoms with Gasteiger partial charge in [-0.25, -0.2) is 8.42 Å². The van der Waals surface area contributed by atoms with Gasteiger partial charge in [-0.1, -0.05) is 11.6 Å². The van der Waals surface area contributed by atoms with Crippen LogP contribution in [-0.2, 0) is 25.8 Å². The number of amides is 2. The van der Waals surface area contributed by atoms with Crippen LogP contribution in [0, 0.1) is 5.92 Å². The summed E-state index contributed by atoms with van der Waals surface area (Å²) in [5.41, 5.74) is 1.96. The summed E-state index contributed by atoms with van der Waals surface area (Å²) in [5.74, 6) is -0.319. The lowest BCUT2D eigenvalue weighted by Crippen LogP contribution is -2.30. The maximum atomic E-state index is 13.1. The number of carbonyl (C=O) groups is 2. The first-order chi connectivity index (χ1) is 15.2. The lowest BCUT2D eigenvalue weighted by molar-refractivity contribution is -0.119. The van der Waals surface area contributed by atoms with Gasteiger partial charge in [0.15, 0.2) is 9.84 Å². The third-order valence-corrected chi connectivity index (χ3v) is 8.49. The molecule has 7 nitrogen and oxygen atoms in total. The van der Waals surface area contributed by atoms with Crippen LogP contribution >= 0.6 is 27.5 Å². The third kappa shape index (κ3) is 4.79. The monoisotopic (exact) mass is 540 g/mol. The molecule has 32 heavy (non-hydrogen) atoms. The van der Waals surface area contributed by atoms with Crippen molar-refractivity contribution in [3.8, 4) is 5.75 Å². The van der Waals surface area contributed by atoms with Crippen LogP contribution in [0.25, 0.3) is 0 Å². The number of hydrogen-bond donors (Lipinski definition) is 1. The fraction of sp³-hybridized carbons (Fsp3) is 0.364. The van der Waals surface area contributed by atoms with Crippen molar-refractivity contribution in [1.29, 1.82) is 0 Å². The summed E-state index contributed by atoms with van der Waals surface area (Å²) >= 11 is 9.33. The van der Waals surface area contributed by atoms with E-state index in [2.05, 4.69) is 21.2 Å². The molecular weight excluding hydrogens is 520 g/mol. The number of halogens is 2. The molecule has 0 radical (unpaired) electrons. The number of hydrogen-bond acceptors (Lipinski definition) is 5. The molecule has 0 unspecified atom stereocenters. The molecule has 0 spiro atoms. The molecule has 0 aromatic heterocycles. The Labute approximate surface area is 200 Å². The highest BCUT2D eigenvalue weighted by molar-refractivity contribution is 9.10. The Bertz CT molecular complexity index is 1200. The highest BCUT2D eigenvalue weighted by Crippen LogP contribution is 2.39. The Hall–Kier alpha value is -2.10. The SMILES string of the molecule is COc1ccc(Cl)cc1NC(=O)CCS(=O)(=O)c1cc2c(cc1Br)CCN2C(=O)C1CC1. The van der Waals surface area contributed by atoms with E-state index in [0.717, 1.165) is 18.4 Å². The number of carbonyl (C=O) groups excluding carboxylic acids is 2. The Morgan fingerprint density at radius 1 is 1.25 bits per heavy atom. The van der Waals surface area contributed by atoms with Crippen LogP contribution in [0.2, 0.25) is 5.02 Å². The number of ether oxygens (including phenoxy) is 1. The van der Waals surface area contributed by atoms with Crippen LogP contribution in [-0.4, -0.2) is 39.6 Å². The average molecular weight is 542 g/mol. The first-order valence-corrected chi connectivity index (χ1v) is 13.0. The van der Waals surface area contributed by atoms with Crippen LogP contribution in [0.1, 0.15) is 24.8 Å². The number of nitrogens with zero attached hydrogens (tertiary/aromatic N) is 1. The van der Waals surface area contributed by atoms with Crippen LogP contribution < -0.4 is 15.0 Å². The summed E-state index contributed by atoms with van der Waals surface area (Å²) in [6, 6.07) is 8.10. The van der Waals surface area contributed by atoms with Crippen molar-refractivity contribution in [3.63, 3.8) is 0 Å². The van der Waals surface area contributed by atoms with E-state index < -0.39 is 15.7 Å². The van der Waals surface area contributed by atoms with Crippen molar-refractivity contribution in [2.75, 3.05) is 29.6 Å². The van der Waals surface area contributed by atoms with Gasteiger partial charge in [-0.05, 0) is 71.1 Å². The van der Waals surface area contributed by atoms with Gasteiger partial charge in [-0.15, -0.1) is 0 Å². The Morgan fingerprint density at radius 3 is 2.69 bits per heavy atom. The molecule has 0 bridgehead atoms. The van der Waals surface area contributed by atoms with Crippen LogP contribution in [0.5, 0.6) is 5.75 Å². The number of sulfone groups is 1. The zero-order valence-electron chi connectivity index (χ0n) is 17.4. The molecule has 1 aliphatic carbocycles. The Kier molecular flexibility index (Phi) is 6.51. The molecule has 170 valence electrons. The first kappa shape index (κ1) is 23.1. The summed E-state index contributed by atoms with van der Waals surface area (Å²) in [4.78, 5) is 26.8. The highest BCUT2D eigenvalue weighted by Gasteiger charge is 2.37. The van der Waals surface area contributed by atoms with E-state index in [1.54, 1.807) is 29.2 Å². The minimum Gasteiger partial charge on any atom is -0.495 e. The second-order valence-corrected chi connectivity index (χ2v) is 11.3. The maximum Gasteiger partial charge on any atom is 0.230 e. The van der Waals surface area contributed by atoms with Crippen molar-refractivity contribution in [1.82, 2.24) is 0 Å². The van der Waals surface area contributed by atoms with Crippen LogP contribution in [0.4, 0.5) is 11.4 Å². The fourth-order valence-corrected chi connectivity index (χ4v) is 6.36. The molecule has 10 heteroatoms. The number of fused-ring (bicyclic) bond motifs is 1. The van der Waals surface area contributed by atoms with E-state index in [1.807, 2.05) is 0 Å². The minimum atomic E-state index is -3.78. The third-order valence-electron chi connectivity index (χ3n) is 5.59. The van der Waals surface area contributed by atoms with Gasteiger partial charge in [0.25, 0.3) is 0 Å². The summed E-state index contributed by atoms with van der Waals surface area (Å²) in [7, 11) is -2.32. The molecule has 2 aliphatic rings. The van der Waals surface area contributed by atoms with Crippen LogP contribution in [0.15, 0.2) is 39.7 Å². The average Bonchev–Trinajstić information content (AvgIpc) is 3.52. The van der Waals surface area contributed by atoms with E-state index in [-0.39, 0.29) is 28.9 Å². The molecule has 0 saturated heterocycles. The fourth-order valence-electron chi connectivity index (χ4n) is 3.73. The van der Waals surface area contributed by atoms with E-state index in [1.165, 1.54) is 13.2 Å². The molecule has 2 aromatic rings. The van der Waals surface area contributed by atoms with Gasteiger partial charge >= 0.3 is 0 Å². The van der Waals surface area contributed by atoms with Gasteiger partial charge in [-0.2, -0.15) is 0 Å². The second kappa shape index (κ2) is 9.03. The molecule has 1 heterocycles. The molecule has 0 atom stereocenters. The molecule has 2 amide bonds. The summed E-state index contributed by atoms with van der Waals surface area (Å²) in [5, 5.41) is 3.06. The number of anilines is 2. The molecule has 2 aromatic carbocycles. The maximum absolute atomic E-state index is 13.1. The second-order valence-electron chi connectivity index (χ2n) is 7.89. The lowest BCUT2D eigenvalue weighted by Gasteiger charge is -2.18. The molecule has 1 saturated carbocycles. The summed E-state index contributed by atoms with van der Waals surface area (Å²) in [6.07, 6.45) is 2.22. The smallest absolute Gasteiger partial charge is 0.230 e. The summed E-state index contributed by atoms with van der Waals surface area (Å²) < 4.78 is 31.7. The zero-order valence-corrected chi connectivity index (χ0v) is 20.5. The van der Waals surface area contributed by atoms with Gasteiger partial charge in [0.05, 0.1) is 23.4 Å². The van der Waals surface area contributed by atoms with Crippen molar-refractivity contribution in [2.24, 2.45) is 5.92 Å². The number of nitrogens with one attached hydrogen (secondary N) is 1. The van der Waals surface area contributed by atoms with E-state index in [0.29, 0.717) is 39.6 Å². The van der Waals surface area contributed by atoms with Gasteiger partial charge in [0, 0.05) is 34.1 Å². The quantitative estimate of drug-likeness (QED) is 0.567. The summed E-state index contributed by atoms with van der Waals surface area (Å²) in [6.45, 7) is 0.560. The van der Waals surface area contributed by atoms with Crippen molar-refractivity contribution < 1.29 is 22.7 Å². The van der Waals surface area contributed by atoms with Crippen molar-refractivity contribution in [3.05, 3.63) is 45.4 Å². The normalized spacial score (nSPS) is 15.4. The van der Waals surface area contributed by atoms with Crippen LogP contribution in [0.3, 0.4) is 0 Å². The molecule has 1 fully saturated rings. The lowest BCUT2D eigenvalue weighted by atomic mass is 10.2. The predicted octanol–water partition coefficient (Wildman–Crippen LogP) is 4.21. The minimum absolute atomic E-state index is 0.0526. The Balaban J connectivity index is 1.49. The predicted molar refractivity (Wildman–Crippen MR) is 126 cm³/mol.